The minimum Gasteiger partial charge on any atom is -0.767 e. The second-order valence-electron chi connectivity index (χ2n) is 1.56. The molecule has 0 saturated carbocycles. The molecule has 1 aromatic rings. The molecule has 1 unspecified atom stereocenters. The number of aryl methyl sites for hydroxylation is 1. The van der Waals surface area contributed by atoms with E-state index in [-0.39, 0.29) is 5.03 Å². The number of hydrogen-bond acceptors (Lipinski definition) is 3. The van der Waals surface area contributed by atoms with Crippen LogP contribution in [0.3, 0.4) is 0 Å². The van der Waals surface area contributed by atoms with E-state index in [9.17, 15) is 8.76 Å². The molecule has 1 aromatic heterocycles. The standard InChI is InChI=1S/C4H6N2O2S/c1-6-3-2-4(5-6)9(7)8/h2-3H,1H3,(H,7,8)/p-1. The van der Waals surface area contributed by atoms with E-state index >= 15 is 0 Å². The SMILES string of the molecule is Cn1ccc(S(=O)[O-])n1. The summed E-state index contributed by atoms with van der Waals surface area (Å²) in [5.41, 5.74) is 0. The van der Waals surface area contributed by atoms with Crippen molar-refractivity contribution in [2.45, 2.75) is 5.03 Å². The third-order valence-corrected chi connectivity index (χ3v) is 1.42. The van der Waals surface area contributed by atoms with Crippen LogP contribution in [-0.4, -0.2) is 18.5 Å². The fourth-order valence-electron chi connectivity index (χ4n) is 0.483. The zero-order valence-electron chi connectivity index (χ0n) is 4.77. The zero-order chi connectivity index (χ0) is 6.85. The molecule has 4 nitrogen and oxygen atoms in total. The van der Waals surface area contributed by atoms with Gasteiger partial charge in [0.15, 0.2) is 0 Å². The Balaban J connectivity index is 2.98. The number of rotatable bonds is 1. The van der Waals surface area contributed by atoms with Gasteiger partial charge in [-0.3, -0.25) is 8.89 Å². The summed E-state index contributed by atoms with van der Waals surface area (Å²) in [4.78, 5) is 0. The minimum absolute atomic E-state index is 0.0810. The van der Waals surface area contributed by atoms with Crippen LogP contribution in [-0.2, 0) is 18.1 Å². The molecule has 0 aromatic carbocycles. The number of hydrogen-bond donors (Lipinski definition) is 0. The van der Waals surface area contributed by atoms with Gasteiger partial charge in [0.25, 0.3) is 0 Å². The highest BCUT2D eigenvalue weighted by Crippen LogP contribution is 1.96. The van der Waals surface area contributed by atoms with Gasteiger partial charge in [-0.1, -0.05) is 0 Å². The Morgan fingerprint density at radius 3 is 2.78 bits per heavy atom. The monoisotopic (exact) mass is 145 g/mol. The fourth-order valence-corrected chi connectivity index (χ4v) is 0.850. The Bertz CT molecular complexity index is 232. The van der Waals surface area contributed by atoms with Crippen LogP contribution in [0.4, 0.5) is 0 Å². The lowest BCUT2D eigenvalue weighted by Crippen LogP contribution is -1.92. The highest BCUT2D eigenvalue weighted by atomic mass is 32.2. The molecule has 0 N–H and O–H groups in total. The normalized spacial score (nSPS) is 13.6. The van der Waals surface area contributed by atoms with Gasteiger partial charge in [-0.15, -0.1) is 0 Å². The summed E-state index contributed by atoms with van der Waals surface area (Å²) < 4.78 is 21.7. The molecule has 0 aliphatic heterocycles. The molecular formula is C4H5N2O2S-. The zero-order valence-corrected chi connectivity index (χ0v) is 5.59. The van der Waals surface area contributed by atoms with Crippen LogP contribution >= 0.6 is 0 Å². The summed E-state index contributed by atoms with van der Waals surface area (Å²) >= 11 is -2.19. The molecule has 50 valence electrons. The fraction of sp³-hybridized carbons (Fsp3) is 0.250. The van der Waals surface area contributed by atoms with Crippen molar-refractivity contribution in [3.05, 3.63) is 12.3 Å². The van der Waals surface area contributed by atoms with E-state index in [2.05, 4.69) is 5.10 Å². The molecule has 0 amide bonds. The molecule has 9 heavy (non-hydrogen) atoms. The first-order chi connectivity index (χ1) is 4.20. The largest absolute Gasteiger partial charge is 0.767 e. The summed E-state index contributed by atoms with van der Waals surface area (Å²) in [7, 11) is 1.66. The van der Waals surface area contributed by atoms with Crippen LogP contribution in [0.25, 0.3) is 0 Å². The van der Waals surface area contributed by atoms with Crippen molar-refractivity contribution < 1.29 is 8.76 Å². The number of nitrogens with zero attached hydrogens (tertiary/aromatic N) is 2. The number of aromatic nitrogens is 2. The highest BCUT2D eigenvalue weighted by Gasteiger charge is 1.92. The van der Waals surface area contributed by atoms with E-state index in [0.717, 1.165) is 0 Å². The van der Waals surface area contributed by atoms with Gasteiger partial charge in [0.2, 0.25) is 0 Å². The first kappa shape index (κ1) is 6.44. The van der Waals surface area contributed by atoms with Crippen molar-refractivity contribution >= 4 is 11.1 Å². The van der Waals surface area contributed by atoms with Crippen molar-refractivity contribution in [3.8, 4) is 0 Å². The Labute approximate surface area is 54.8 Å². The predicted octanol–water partition coefficient (Wildman–Crippen LogP) is -0.342. The Hall–Kier alpha value is -0.680. The van der Waals surface area contributed by atoms with E-state index in [1.165, 1.54) is 10.7 Å². The van der Waals surface area contributed by atoms with E-state index in [1.807, 2.05) is 0 Å². The van der Waals surface area contributed by atoms with Gasteiger partial charge in [-0.05, 0) is 17.1 Å². The molecule has 1 atom stereocenters. The summed E-state index contributed by atoms with van der Waals surface area (Å²) in [6, 6.07) is 1.43. The van der Waals surface area contributed by atoms with Gasteiger partial charge < -0.3 is 4.55 Å². The van der Waals surface area contributed by atoms with Gasteiger partial charge in [0, 0.05) is 13.2 Å². The molecule has 0 aliphatic rings. The topological polar surface area (TPSA) is 58.0 Å². The quantitative estimate of drug-likeness (QED) is 0.508. The predicted molar refractivity (Wildman–Crippen MR) is 30.4 cm³/mol. The van der Waals surface area contributed by atoms with Gasteiger partial charge in [-0.25, -0.2) is 0 Å². The second kappa shape index (κ2) is 2.28. The Kier molecular flexibility index (Phi) is 1.63. The van der Waals surface area contributed by atoms with Crippen LogP contribution in [0.15, 0.2) is 17.3 Å². The molecule has 0 aliphatic carbocycles. The molecule has 1 heterocycles. The van der Waals surface area contributed by atoms with E-state index in [0.29, 0.717) is 0 Å². The van der Waals surface area contributed by atoms with Gasteiger partial charge in [0.05, 0.1) is 0 Å². The van der Waals surface area contributed by atoms with Crippen molar-refractivity contribution in [2.24, 2.45) is 7.05 Å². The molecule has 5 heteroatoms. The van der Waals surface area contributed by atoms with Crippen LogP contribution in [0, 0.1) is 0 Å². The maximum absolute atomic E-state index is 10.1. The van der Waals surface area contributed by atoms with E-state index in [4.69, 9.17) is 0 Å². The lowest BCUT2D eigenvalue weighted by Gasteiger charge is -1.96. The smallest absolute Gasteiger partial charge is 0.135 e. The second-order valence-corrected chi connectivity index (χ2v) is 2.45. The van der Waals surface area contributed by atoms with Crippen molar-refractivity contribution in [3.63, 3.8) is 0 Å². The van der Waals surface area contributed by atoms with Gasteiger partial charge >= 0.3 is 0 Å². The lowest BCUT2D eigenvalue weighted by molar-refractivity contribution is 0.530. The van der Waals surface area contributed by atoms with E-state index in [1.54, 1.807) is 13.2 Å². The minimum atomic E-state index is -2.19. The molecule has 0 radical (unpaired) electrons. The third-order valence-electron chi connectivity index (χ3n) is 0.860. The molecule has 0 fully saturated rings. The average Bonchev–Trinajstić information content (AvgIpc) is 2.14. The summed E-state index contributed by atoms with van der Waals surface area (Å²) in [5.74, 6) is 0. The summed E-state index contributed by atoms with van der Waals surface area (Å²) in [6.45, 7) is 0. The van der Waals surface area contributed by atoms with Crippen LogP contribution in [0.1, 0.15) is 0 Å². The van der Waals surface area contributed by atoms with Crippen molar-refractivity contribution in [1.82, 2.24) is 9.78 Å². The van der Waals surface area contributed by atoms with Crippen LogP contribution in [0.2, 0.25) is 0 Å². The summed E-state index contributed by atoms with van der Waals surface area (Å²) in [5, 5.41) is 3.70. The highest BCUT2D eigenvalue weighted by molar-refractivity contribution is 7.79. The lowest BCUT2D eigenvalue weighted by atomic mass is 10.7. The average molecular weight is 145 g/mol. The maximum Gasteiger partial charge on any atom is 0.135 e. The van der Waals surface area contributed by atoms with Crippen LogP contribution < -0.4 is 0 Å². The van der Waals surface area contributed by atoms with Crippen molar-refractivity contribution in [2.75, 3.05) is 0 Å². The van der Waals surface area contributed by atoms with Gasteiger partial charge in [0.1, 0.15) is 5.03 Å². The third kappa shape index (κ3) is 1.36. The molecule has 0 bridgehead atoms. The first-order valence-corrected chi connectivity index (χ1v) is 3.36. The Morgan fingerprint density at radius 1 is 1.89 bits per heavy atom. The molecular weight excluding hydrogens is 140 g/mol. The van der Waals surface area contributed by atoms with Gasteiger partial charge in [-0.2, -0.15) is 5.10 Å². The van der Waals surface area contributed by atoms with Crippen molar-refractivity contribution in [1.29, 1.82) is 0 Å². The maximum atomic E-state index is 10.1. The summed E-state index contributed by atoms with van der Waals surface area (Å²) in [6.07, 6.45) is 1.57. The van der Waals surface area contributed by atoms with Crippen LogP contribution in [0.5, 0.6) is 0 Å². The molecule has 1 rings (SSSR count). The first-order valence-electron chi connectivity index (χ1n) is 2.29. The van der Waals surface area contributed by atoms with E-state index < -0.39 is 11.1 Å². The molecule has 0 spiro atoms. The Morgan fingerprint density at radius 2 is 2.56 bits per heavy atom. The molecule has 0 saturated heterocycles.